The molecule has 0 aliphatic rings. The molecule has 0 unspecified atom stereocenters. The first-order chi connectivity index (χ1) is 7.19. The molecule has 0 heterocycles. The summed E-state index contributed by atoms with van der Waals surface area (Å²) in [5.74, 6) is 0.849. The lowest BCUT2D eigenvalue weighted by Crippen LogP contribution is -2.16. The van der Waals surface area contributed by atoms with Crippen LogP contribution in [-0.2, 0) is 0 Å². The van der Waals surface area contributed by atoms with E-state index in [9.17, 15) is 0 Å². The summed E-state index contributed by atoms with van der Waals surface area (Å²) in [6.07, 6.45) is 0.760. The van der Waals surface area contributed by atoms with Crippen molar-refractivity contribution in [2.75, 3.05) is 13.2 Å². The van der Waals surface area contributed by atoms with Crippen molar-refractivity contribution in [3.8, 4) is 5.75 Å². The fourth-order valence-corrected chi connectivity index (χ4v) is 1.81. The average molecular weight is 310 g/mol. The molecule has 5 heteroatoms. The molecular formula is C11H18BrClN2O. The van der Waals surface area contributed by atoms with Crippen LogP contribution in [0.4, 0.5) is 0 Å². The van der Waals surface area contributed by atoms with Crippen molar-refractivity contribution in [3.63, 3.8) is 0 Å². The summed E-state index contributed by atoms with van der Waals surface area (Å²) in [6.45, 7) is 3.18. The van der Waals surface area contributed by atoms with Crippen LogP contribution >= 0.6 is 28.3 Å². The fourth-order valence-electron chi connectivity index (χ4n) is 1.43. The standard InChI is InChI=1S/C11H17BrN2O.ClH/c1-2-15-11-4-3-8(12)7-9(11)10(14)5-6-13;/h3-4,7,10H,2,5-6,13-14H2,1H3;1H/t10-;/m1./s1. The van der Waals surface area contributed by atoms with Crippen LogP contribution in [0.5, 0.6) is 5.75 Å². The molecule has 1 atom stereocenters. The van der Waals surface area contributed by atoms with Crippen molar-refractivity contribution in [2.24, 2.45) is 11.5 Å². The minimum absolute atomic E-state index is 0. The first-order valence-electron chi connectivity index (χ1n) is 5.07. The van der Waals surface area contributed by atoms with Crippen molar-refractivity contribution in [3.05, 3.63) is 28.2 Å². The highest BCUT2D eigenvalue weighted by atomic mass is 79.9. The molecule has 1 aromatic rings. The predicted molar refractivity (Wildman–Crippen MR) is 73.2 cm³/mol. The van der Waals surface area contributed by atoms with Gasteiger partial charge in [0.2, 0.25) is 0 Å². The van der Waals surface area contributed by atoms with Crippen molar-refractivity contribution in [1.29, 1.82) is 0 Å². The molecule has 0 aromatic heterocycles. The van der Waals surface area contributed by atoms with Gasteiger partial charge in [0.05, 0.1) is 6.61 Å². The number of benzene rings is 1. The number of rotatable bonds is 5. The highest BCUT2D eigenvalue weighted by Gasteiger charge is 2.11. The van der Waals surface area contributed by atoms with Gasteiger partial charge < -0.3 is 16.2 Å². The Kier molecular flexibility index (Phi) is 7.76. The minimum atomic E-state index is -0.0611. The first kappa shape index (κ1) is 15.7. The number of hydrogen-bond donors (Lipinski definition) is 2. The summed E-state index contributed by atoms with van der Waals surface area (Å²) in [6, 6.07) is 5.81. The lowest BCUT2D eigenvalue weighted by molar-refractivity contribution is 0.333. The smallest absolute Gasteiger partial charge is 0.124 e. The molecule has 0 bridgehead atoms. The fraction of sp³-hybridized carbons (Fsp3) is 0.455. The van der Waals surface area contributed by atoms with E-state index in [0.29, 0.717) is 13.2 Å². The summed E-state index contributed by atoms with van der Waals surface area (Å²) in [4.78, 5) is 0. The average Bonchev–Trinajstić information content (AvgIpc) is 2.21. The van der Waals surface area contributed by atoms with E-state index in [1.807, 2.05) is 25.1 Å². The normalized spacial score (nSPS) is 11.8. The number of halogens is 2. The highest BCUT2D eigenvalue weighted by molar-refractivity contribution is 9.10. The molecule has 1 rings (SSSR count). The molecule has 92 valence electrons. The predicted octanol–water partition coefficient (Wildman–Crippen LogP) is 2.62. The first-order valence-corrected chi connectivity index (χ1v) is 5.86. The molecule has 16 heavy (non-hydrogen) atoms. The highest BCUT2D eigenvalue weighted by Crippen LogP contribution is 2.28. The quantitative estimate of drug-likeness (QED) is 0.879. The van der Waals surface area contributed by atoms with Gasteiger partial charge in [-0.15, -0.1) is 12.4 Å². The van der Waals surface area contributed by atoms with Crippen molar-refractivity contribution < 1.29 is 4.74 Å². The Morgan fingerprint density at radius 3 is 2.69 bits per heavy atom. The molecule has 0 fully saturated rings. The summed E-state index contributed by atoms with van der Waals surface area (Å²) in [7, 11) is 0. The summed E-state index contributed by atoms with van der Waals surface area (Å²) >= 11 is 3.42. The largest absolute Gasteiger partial charge is 0.494 e. The summed E-state index contributed by atoms with van der Waals surface area (Å²) in [5.41, 5.74) is 12.5. The Labute approximate surface area is 111 Å². The Morgan fingerprint density at radius 1 is 1.44 bits per heavy atom. The molecule has 0 saturated heterocycles. The van der Waals surface area contributed by atoms with Crippen molar-refractivity contribution in [2.45, 2.75) is 19.4 Å². The lowest BCUT2D eigenvalue weighted by atomic mass is 10.0. The van der Waals surface area contributed by atoms with Crippen molar-refractivity contribution >= 4 is 28.3 Å². The third-order valence-corrected chi connectivity index (χ3v) is 2.64. The Balaban J connectivity index is 0.00000225. The van der Waals surface area contributed by atoms with E-state index in [0.717, 1.165) is 22.2 Å². The second-order valence-electron chi connectivity index (χ2n) is 3.30. The third-order valence-electron chi connectivity index (χ3n) is 2.15. The number of ether oxygens (including phenoxy) is 1. The maximum atomic E-state index is 6.02. The lowest BCUT2D eigenvalue weighted by Gasteiger charge is -2.16. The summed E-state index contributed by atoms with van der Waals surface area (Å²) in [5, 5.41) is 0. The van der Waals surface area contributed by atoms with Gasteiger partial charge in [0, 0.05) is 16.1 Å². The molecule has 0 radical (unpaired) electrons. The van der Waals surface area contributed by atoms with Gasteiger partial charge >= 0.3 is 0 Å². The van der Waals surface area contributed by atoms with E-state index in [4.69, 9.17) is 16.2 Å². The van der Waals surface area contributed by atoms with Crippen LogP contribution in [0, 0.1) is 0 Å². The van der Waals surface area contributed by atoms with E-state index >= 15 is 0 Å². The van der Waals surface area contributed by atoms with Crippen molar-refractivity contribution in [1.82, 2.24) is 0 Å². The van der Waals surface area contributed by atoms with E-state index in [-0.39, 0.29) is 18.4 Å². The molecule has 3 nitrogen and oxygen atoms in total. The molecule has 0 aliphatic carbocycles. The van der Waals surface area contributed by atoms with Crippen LogP contribution in [0.1, 0.15) is 24.9 Å². The second-order valence-corrected chi connectivity index (χ2v) is 4.21. The number of nitrogens with two attached hydrogens (primary N) is 2. The Bertz CT molecular complexity index is 323. The van der Waals surface area contributed by atoms with Gasteiger partial charge in [0.1, 0.15) is 5.75 Å². The van der Waals surface area contributed by atoms with Gasteiger partial charge in [-0.05, 0) is 38.1 Å². The van der Waals surface area contributed by atoms with Crippen LogP contribution < -0.4 is 16.2 Å². The van der Waals surface area contributed by atoms with E-state index < -0.39 is 0 Å². The maximum Gasteiger partial charge on any atom is 0.124 e. The molecule has 0 aliphatic heterocycles. The zero-order valence-corrected chi connectivity index (χ0v) is 11.7. The van der Waals surface area contributed by atoms with Gasteiger partial charge in [-0.25, -0.2) is 0 Å². The van der Waals surface area contributed by atoms with E-state index in [1.54, 1.807) is 0 Å². The molecule has 1 aromatic carbocycles. The Morgan fingerprint density at radius 2 is 2.12 bits per heavy atom. The van der Waals surface area contributed by atoms with Gasteiger partial charge in [0.25, 0.3) is 0 Å². The molecular weight excluding hydrogens is 291 g/mol. The minimum Gasteiger partial charge on any atom is -0.494 e. The van der Waals surface area contributed by atoms with Crippen LogP contribution in [0.15, 0.2) is 22.7 Å². The molecule has 0 amide bonds. The van der Waals surface area contributed by atoms with Gasteiger partial charge in [-0.3, -0.25) is 0 Å². The van der Waals surface area contributed by atoms with Crippen LogP contribution in [0.2, 0.25) is 0 Å². The van der Waals surface area contributed by atoms with Gasteiger partial charge in [0.15, 0.2) is 0 Å². The van der Waals surface area contributed by atoms with E-state index in [1.165, 1.54) is 0 Å². The SMILES string of the molecule is CCOc1ccc(Br)cc1[C@H](N)CCN.Cl. The zero-order valence-electron chi connectivity index (χ0n) is 9.28. The van der Waals surface area contributed by atoms with Crippen LogP contribution in [0.3, 0.4) is 0 Å². The molecule has 0 spiro atoms. The summed E-state index contributed by atoms with van der Waals surface area (Å²) < 4.78 is 6.53. The molecule has 4 N–H and O–H groups in total. The Hall–Kier alpha value is -0.290. The zero-order chi connectivity index (χ0) is 11.3. The van der Waals surface area contributed by atoms with Crippen LogP contribution in [-0.4, -0.2) is 13.2 Å². The maximum absolute atomic E-state index is 6.02. The monoisotopic (exact) mass is 308 g/mol. The third kappa shape index (κ3) is 4.29. The molecule has 0 saturated carbocycles. The van der Waals surface area contributed by atoms with E-state index in [2.05, 4.69) is 15.9 Å². The second kappa shape index (κ2) is 7.90. The number of hydrogen-bond acceptors (Lipinski definition) is 3. The van der Waals surface area contributed by atoms with Gasteiger partial charge in [-0.2, -0.15) is 0 Å². The topological polar surface area (TPSA) is 61.3 Å². The van der Waals surface area contributed by atoms with Crippen LogP contribution in [0.25, 0.3) is 0 Å². The van der Waals surface area contributed by atoms with Gasteiger partial charge in [-0.1, -0.05) is 15.9 Å².